The lowest BCUT2D eigenvalue weighted by atomic mass is 9.79. The SMILES string of the molecule is COc1ccc(-c2nc(C(=O)NC3CC4CC3C3CCCC43)cs2)cc1OC. The summed E-state index contributed by atoms with van der Waals surface area (Å²) in [6.45, 7) is 0. The van der Waals surface area contributed by atoms with Gasteiger partial charge in [-0.15, -0.1) is 11.3 Å². The molecule has 5 nitrogen and oxygen atoms in total. The van der Waals surface area contributed by atoms with Crippen molar-refractivity contribution in [3.63, 3.8) is 0 Å². The minimum absolute atomic E-state index is 0.0323. The highest BCUT2D eigenvalue weighted by Gasteiger charge is 2.54. The molecule has 1 amide bonds. The van der Waals surface area contributed by atoms with E-state index in [9.17, 15) is 4.79 Å². The van der Waals surface area contributed by atoms with E-state index < -0.39 is 0 Å². The number of nitrogens with one attached hydrogen (secondary N) is 1. The van der Waals surface area contributed by atoms with E-state index in [1.807, 2.05) is 23.6 Å². The van der Waals surface area contributed by atoms with Gasteiger partial charge in [-0.3, -0.25) is 4.79 Å². The summed E-state index contributed by atoms with van der Waals surface area (Å²) in [5.41, 5.74) is 1.44. The number of methoxy groups -OCH3 is 2. The number of hydrogen-bond donors (Lipinski definition) is 1. The molecule has 148 valence electrons. The maximum Gasteiger partial charge on any atom is 0.271 e. The van der Waals surface area contributed by atoms with Gasteiger partial charge in [-0.25, -0.2) is 4.98 Å². The van der Waals surface area contributed by atoms with Crippen LogP contribution in [0.15, 0.2) is 23.6 Å². The van der Waals surface area contributed by atoms with Crippen LogP contribution in [-0.2, 0) is 0 Å². The summed E-state index contributed by atoms with van der Waals surface area (Å²) < 4.78 is 10.7. The van der Waals surface area contributed by atoms with Gasteiger partial charge in [0.05, 0.1) is 14.2 Å². The van der Waals surface area contributed by atoms with Gasteiger partial charge < -0.3 is 14.8 Å². The zero-order valence-electron chi connectivity index (χ0n) is 16.3. The van der Waals surface area contributed by atoms with Crippen molar-refractivity contribution in [2.75, 3.05) is 14.2 Å². The molecular formula is C22H26N2O3S. The molecule has 1 aromatic heterocycles. The molecule has 28 heavy (non-hydrogen) atoms. The molecule has 0 aliphatic heterocycles. The number of ether oxygens (including phenoxy) is 2. The van der Waals surface area contributed by atoms with Crippen molar-refractivity contribution in [1.82, 2.24) is 10.3 Å². The summed E-state index contributed by atoms with van der Waals surface area (Å²) in [6, 6.07) is 6.04. The maximum atomic E-state index is 12.8. The zero-order valence-corrected chi connectivity index (χ0v) is 17.1. The molecule has 3 aliphatic carbocycles. The van der Waals surface area contributed by atoms with Gasteiger partial charge in [0.1, 0.15) is 10.7 Å². The van der Waals surface area contributed by atoms with Crippen molar-refractivity contribution >= 4 is 17.2 Å². The Kier molecular flexibility index (Phi) is 4.54. The number of amides is 1. The summed E-state index contributed by atoms with van der Waals surface area (Å²) in [7, 11) is 3.24. The summed E-state index contributed by atoms with van der Waals surface area (Å²) in [5.74, 6) is 4.62. The molecule has 1 aromatic carbocycles. The first kappa shape index (κ1) is 18.0. The summed E-state index contributed by atoms with van der Waals surface area (Å²) in [6.07, 6.45) is 6.62. The third kappa shape index (κ3) is 2.89. The molecule has 0 saturated heterocycles. The number of hydrogen-bond acceptors (Lipinski definition) is 5. The highest BCUT2D eigenvalue weighted by molar-refractivity contribution is 7.13. The number of carbonyl (C=O) groups excluding carboxylic acids is 1. The molecule has 0 spiro atoms. The normalized spacial score (nSPS) is 30.3. The van der Waals surface area contributed by atoms with Gasteiger partial charge in [0.2, 0.25) is 0 Å². The Morgan fingerprint density at radius 2 is 1.93 bits per heavy atom. The number of nitrogens with zero attached hydrogens (tertiary/aromatic N) is 1. The minimum atomic E-state index is -0.0323. The second-order valence-corrected chi connectivity index (χ2v) is 9.20. The number of rotatable bonds is 5. The number of aromatic nitrogens is 1. The predicted molar refractivity (Wildman–Crippen MR) is 109 cm³/mol. The van der Waals surface area contributed by atoms with E-state index in [1.54, 1.807) is 14.2 Å². The third-order valence-corrected chi connectivity index (χ3v) is 8.00. The van der Waals surface area contributed by atoms with E-state index in [-0.39, 0.29) is 5.91 Å². The Balaban J connectivity index is 1.29. The van der Waals surface area contributed by atoms with Crippen LogP contribution in [0.3, 0.4) is 0 Å². The summed E-state index contributed by atoms with van der Waals surface area (Å²) in [4.78, 5) is 17.4. The fraction of sp³-hybridized carbons (Fsp3) is 0.545. The van der Waals surface area contributed by atoms with E-state index in [4.69, 9.17) is 9.47 Å². The number of benzene rings is 1. The first-order valence-corrected chi connectivity index (χ1v) is 11.0. The van der Waals surface area contributed by atoms with Crippen LogP contribution in [0.1, 0.15) is 42.6 Å². The van der Waals surface area contributed by atoms with E-state index in [0.717, 1.165) is 34.7 Å². The van der Waals surface area contributed by atoms with Crippen molar-refractivity contribution in [2.24, 2.45) is 23.7 Å². The fourth-order valence-corrected chi connectivity index (χ4v) is 6.75. The molecule has 6 heteroatoms. The molecule has 1 N–H and O–H groups in total. The molecule has 3 fully saturated rings. The number of fused-ring (bicyclic) bond motifs is 5. The smallest absolute Gasteiger partial charge is 0.271 e. The summed E-state index contributed by atoms with van der Waals surface area (Å²) >= 11 is 1.48. The molecule has 2 aromatic rings. The second kappa shape index (κ2) is 7.07. The number of thiazole rings is 1. The van der Waals surface area contributed by atoms with Crippen molar-refractivity contribution in [3.8, 4) is 22.1 Å². The molecule has 1 heterocycles. The fourth-order valence-electron chi connectivity index (χ4n) is 5.96. The Bertz CT molecular complexity index is 896. The van der Waals surface area contributed by atoms with E-state index in [1.165, 1.54) is 37.0 Å². The average molecular weight is 399 g/mol. The van der Waals surface area contributed by atoms with Crippen LogP contribution in [0.2, 0.25) is 0 Å². The van der Waals surface area contributed by atoms with Crippen LogP contribution in [0.4, 0.5) is 0 Å². The monoisotopic (exact) mass is 398 g/mol. The first-order chi connectivity index (χ1) is 13.7. The molecule has 3 saturated carbocycles. The first-order valence-electron chi connectivity index (χ1n) is 10.2. The highest BCUT2D eigenvalue weighted by Crippen LogP contribution is 2.58. The zero-order chi connectivity index (χ0) is 19.3. The minimum Gasteiger partial charge on any atom is -0.493 e. The second-order valence-electron chi connectivity index (χ2n) is 8.34. The Hall–Kier alpha value is -2.08. The van der Waals surface area contributed by atoms with Crippen LogP contribution in [0, 0.1) is 23.7 Å². The molecule has 5 rings (SSSR count). The van der Waals surface area contributed by atoms with Crippen LogP contribution in [0.5, 0.6) is 11.5 Å². The molecule has 5 atom stereocenters. The molecule has 3 aliphatic rings. The van der Waals surface area contributed by atoms with Gasteiger partial charge in [0.25, 0.3) is 5.91 Å². The lowest BCUT2D eigenvalue weighted by Gasteiger charge is -2.31. The van der Waals surface area contributed by atoms with Gasteiger partial charge >= 0.3 is 0 Å². The van der Waals surface area contributed by atoms with Crippen molar-refractivity contribution in [2.45, 2.75) is 38.1 Å². The largest absolute Gasteiger partial charge is 0.493 e. The Morgan fingerprint density at radius 1 is 1.11 bits per heavy atom. The highest BCUT2D eigenvalue weighted by atomic mass is 32.1. The molecular weight excluding hydrogens is 372 g/mol. The van der Waals surface area contributed by atoms with Gasteiger partial charge in [-0.1, -0.05) is 6.42 Å². The molecule has 5 unspecified atom stereocenters. The maximum absolute atomic E-state index is 12.8. The van der Waals surface area contributed by atoms with Gasteiger partial charge in [-0.2, -0.15) is 0 Å². The third-order valence-electron chi connectivity index (χ3n) is 7.11. The van der Waals surface area contributed by atoms with E-state index in [0.29, 0.717) is 29.2 Å². The molecule has 0 radical (unpaired) electrons. The van der Waals surface area contributed by atoms with Crippen molar-refractivity contribution in [1.29, 1.82) is 0 Å². The van der Waals surface area contributed by atoms with Crippen LogP contribution >= 0.6 is 11.3 Å². The lowest BCUT2D eigenvalue weighted by molar-refractivity contribution is 0.0897. The van der Waals surface area contributed by atoms with Crippen molar-refractivity contribution < 1.29 is 14.3 Å². The standard InChI is InChI=1S/C22H26N2O3S/c1-26-19-7-6-12(10-20(19)27-2)22-24-18(11-28-22)21(25)23-17-9-13-8-16(17)15-5-3-4-14(13)15/h6-7,10-11,13-17H,3-5,8-9H2,1-2H3,(H,23,25). The van der Waals surface area contributed by atoms with Crippen LogP contribution in [-0.4, -0.2) is 31.2 Å². The number of carbonyl (C=O) groups is 1. The van der Waals surface area contributed by atoms with Crippen LogP contribution < -0.4 is 14.8 Å². The van der Waals surface area contributed by atoms with Crippen LogP contribution in [0.25, 0.3) is 10.6 Å². The topological polar surface area (TPSA) is 60.5 Å². The molecule has 2 bridgehead atoms. The summed E-state index contributed by atoms with van der Waals surface area (Å²) in [5, 5.41) is 5.97. The van der Waals surface area contributed by atoms with Gasteiger partial charge in [0, 0.05) is 17.0 Å². The van der Waals surface area contributed by atoms with Crippen molar-refractivity contribution in [3.05, 3.63) is 29.3 Å². The van der Waals surface area contributed by atoms with E-state index >= 15 is 0 Å². The van der Waals surface area contributed by atoms with E-state index in [2.05, 4.69) is 10.3 Å². The average Bonchev–Trinajstić information content (AvgIpc) is 3.48. The lowest BCUT2D eigenvalue weighted by Crippen LogP contribution is -2.42. The van der Waals surface area contributed by atoms with Gasteiger partial charge in [0.15, 0.2) is 11.5 Å². The predicted octanol–water partition coefficient (Wildman–Crippen LogP) is 4.38. The van der Waals surface area contributed by atoms with Gasteiger partial charge in [-0.05, 0) is 67.6 Å². The Labute approximate surface area is 169 Å². The quantitative estimate of drug-likeness (QED) is 0.812. The Morgan fingerprint density at radius 3 is 2.75 bits per heavy atom.